The molecule has 1 aliphatic rings. The van der Waals surface area contributed by atoms with Gasteiger partial charge in [0.25, 0.3) is 5.91 Å². The van der Waals surface area contributed by atoms with Crippen LogP contribution in [0.3, 0.4) is 0 Å². The van der Waals surface area contributed by atoms with Crippen molar-refractivity contribution in [1.82, 2.24) is 5.48 Å². The van der Waals surface area contributed by atoms with E-state index in [1.54, 1.807) is 0 Å². The fourth-order valence-corrected chi connectivity index (χ4v) is 2.65. The van der Waals surface area contributed by atoms with Crippen LogP contribution in [0, 0.1) is 28.7 Å². The maximum atomic E-state index is 14.4. The standard InChI is InChI=1S/C18H15ClF4N2O3/c19-11-6-10(17(27)25-28-8-18(7-26)3-4-18)16(15(23)14(11)22)24-13-2-1-9(20)5-12(13)21/h1-2,5-6,24,26H,3-4,7-8H2,(H,25,27). The summed E-state index contributed by atoms with van der Waals surface area (Å²) in [7, 11) is 0. The maximum absolute atomic E-state index is 14.4. The maximum Gasteiger partial charge on any atom is 0.277 e. The molecule has 1 saturated carbocycles. The van der Waals surface area contributed by atoms with E-state index in [0.29, 0.717) is 6.07 Å². The van der Waals surface area contributed by atoms with Crippen LogP contribution in [0.1, 0.15) is 23.2 Å². The zero-order chi connectivity index (χ0) is 20.5. The quantitative estimate of drug-likeness (QED) is 0.360. The lowest BCUT2D eigenvalue weighted by Crippen LogP contribution is -2.29. The lowest BCUT2D eigenvalue weighted by atomic mass is 10.1. The molecule has 0 aromatic heterocycles. The molecule has 1 amide bonds. The molecule has 28 heavy (non-hydrogen) atoms. The van der Waals surface area contributed by atoms with Gasteiger partial charge in [0.15, 0.2) is 11.6 Å². The topological polar surface area (TPSA) is 70.6 Å². The molecule has 0 atom stereocenters. The summed E-state index contributed by atoms with van der Waals surface area (Å²) < 4.78 is 55.2. The Hall–Kier alpha value is -2.36. The molecule has 3 N–H and O–H groups in total. The third-order valence-corrected chi connectivity index (χ3v) is 4.71. The minimum Gasteiger partial charge on any atom is -0.396 e. The van der Waals surface area contributed by atoms with Gasteiger partial charge in [-0.25, -0.2) is 23.0 Å². The van der Waals surface area contributed by atoms with E-state index in [0.717, 1.165) is 31.0 Å². The Morgan fingerprint density at radius 1 is 1.18 bits per heavy atom. The van der Waals surface area contributed by atoms with Crippen molar-refractivity contribution in [2.24, 2.45) is 5.41 Å². The van der Waals surface area contributed by atoms with Crippen molar-refractivity contribution in [3.63, 3.8) is 0 Å². The lowest BCUT2D eigenvalue weighted by molar-refractivity contribution is -0.0000402. The molecule has 5 nitrogen and oxygen atoms in total. The van der Waals surface area contributed by atoms with Crippen molar-refractivity contribution < 1.29 is 32.3 Å². The van der Waals surface area contributed by atoms with Crippen molar-refractivity contribution in [3.05, 3.63) is 58.1 Å². The van der Waals surface area contributed by atoms with Crippen molar-refractivity contribution in [2.75, 3.05) is 18.5 Å². The number of aliphatic hydroxyl groups is 1. The van der Waals surface area contributed by atoms with Crippen LogP contribution in [0.2, 0.25) is 5.02 Å². The van der Waals surface area contributed by atoms with E-state index in [1.807, 2.05) is 0 Å². The average Bonchev–Trinajstić information content (AvgIpc) is 3.44. The van der Waals surface area contributed by atoms with Crippen molar-refractivity contribution in [3.8, 4) is 0 Å². The van der Waals surface area contributed by atoms with Crippen molar-refractivity contribution in [2.45, 2.75) is 12.8 Å². The lowest BCUT2D eigenvalue weighted by Gasteiger charge is -2.16. The van der Waals surface area contributed by atoms with Crippen molar-refractivity contribution in [1.29, 1.82) is 0 Å². The number of anilines is 2. The smallest absolute Gasteiger partial charge is 0.277 e. The molecule has 0 saturated heterocycles. The summed E-state index contributed by atoms with van der Waals surface area (Å²) in [5.74, 6) is -5.87. The van der Waals surface area contributed by atoms with E-state index in [2.05, 4.69) is 10.8 Å². The van der Waals surface area contributed by atoms with Gasteiger partial charge in [0.2, 0.25) is 0 Å². The molecule has 0 heterocycles. The Labute approximate surface area is 162 Å². The third kappa shape index (κ3) is 4.21. The predicted molar refractivity (Wildman–Crippen MR) is 93.2 cm³/mol. The molecule has 150 valence electrons. The largest absolute Gasteiger partial charge is 0.396 e. The molecule has 3 rings (SSSR count). The van der Waals surface area contributed by atoms with Gasteiger partial charge in [-0.05, 0) is 31.0 Å². The molecular weight excluding hydrogens is 404 g/mol. The highest BCUT2D eigenvalue weighted by molar-refractivity contribution is 6.31. The van der Waals surface area contributed by atoms with Crippen LogP contribution in [-0.2, 0) is 4.84 Å². The second-order valence-corrected chi connectivity index (χ2v) is 6.94. The van der Waals surface area contributed by atoms with Crippen LogP contribution in [0.15, 0.2) is 24.3 Å². The second-order valence-electron chi connectivity index (χ2n) is 6.54. The molecule has 1 fully saturated rings. The summed E-state index contributed by atoms with van der Waals surface area (Å²) in [6.45, 7) is -0.0848. The van der Waals surface area contributed by atoms with Gasteiger partial charge in [-0.15, -0.1) is 0 Å². The minimum absolute atomic E-state index is 0.0298. The number of rotatable bonds is 7. The summed E-state index contributed by atoms with van der Waals surface area (Å²) in [6, 6.07) is 3.26. The molecule has 0 radical (unpaired) electrons. The highest BCUT2D eigenvalue weighted by Gasteiger charge is 2.42. The number of benzene rings is 2. The summed E-state index contributed by atoms with van der Waals surface area (Å²) in [5, 5.41) is 10.8. The van der Waals surface area contributed by atoms with Crippen molar-refractivity contribution >= 4 is 28.9 Å². The number of carbonyl (C=O) groups excluding carboxylic acids is 1. The van der Waals surface area contributed by atoms with Crippen LogP contribution in [0.5, 0.6) is 0 Å². The molecule has 0 bridgehead atoms. The van der Waals surface area contributed by atoms with Gasteiger partial charge in [-0.3, -0.25) is 9.63 Å². The molecule has 2 aromatic rings. The van der Waals surface area contributed by atoms with Gasteiger partial charge in [0.05, 0.1) is 35.2 Å². The number of amides is 1. The number of nitrogens with one attached hydrogen (secondary N) is 2. The number of carbonyl (C=O) groups is 1. The zero-order valence-electron chi connectivity index (χ0n) is 14.3. The summed E-state index contributed by atoms with van der Waals surface area (Å²) in [5.41, 5.74) is 0.108. The van der Waals surface area contributed by atoms with Gasteiger partial charge in [0, 0.05) is 11.5 Å². The highest BCUT2D eigenvalue weighted by atomic mass is 35.5. The van der Waals surface area contributed by atoms with E-state index in [-0.39, 0.29) is 18.9 Å². The first kappa shape index (κ1) is 20.4. The van der Waals surface area contributed by atoms with Gasteiger partial charge in [0.1, 0.15) is 11.6 Å². The zero-order valence-corrected chi connectivity index (χ0v) is 15.0. The Kier molecular flexibility index (Phi) is 5.78. The van der Waals surface area contributed by atoms with Gasteiger partial charge < -0.3 is 10.4 Å². The Morgan fingerprint density at radius 2 is 1.89 bits per heavy atom. The van der Waals surface area contributed by atoms with E-state index >= 15 is 0 Å². The molecule has 2 aromatic carbocycles. The second kappa shape index (κ2) is 7.94. The third-order valence-electron chi connectivity index (χ3n) is 4.43. The summed E-state index contributed by atoms with van der Waals surface area (Å²) in [6.07, 6.45) is 1.46. The normalized spacial score (nSPS) is 14.6. The molecule has 10 heteroatoms. The monoisotopic (exact) mass is 418 g/mol. The Morgan fingerprint density at radius 3 is 2.50 bits per heavy atom. The number of hydrogen-bond acceptors (Lipinski definition) is 4. The molecule has 1 aliphatic carbocycles. The van der Waals surface area contributed by atoms with E-state index < -0.39 is 50.9 Å². The Bertz CT molecular complexity index is 922. The van der Waals surface area contributed by atoms with Crippen LogP contribution in [0.4, 0.5) is 28.9 Å². The average molecular weight is 419 g/mol. The Balaban J connectivity index is 1.86. The first-order valence-corrected chi connectivity index (χ1v) is 8.57. The van der Waals surface area contributed by atoms with E-state index in [4.69, 9.17) is 16.4 Å². The SMILES string of the molecule is O=C(NOCC1(CO)CC1)c1cc(Cl)c(F)c(F)c1Nc1ccc(F)cc1F. The molecular formula is C18H15ClF4N2O3. The summed E-state index contributed by atoms with van der Waals surface area (Å²) in [4.78, 5) is 17.4. The van der Waals surface area contributed by atoms with E-state index in [1.165, 1.54) is 0 Å². The molecule has 0 spiro atoms. The minimum atomic E-state index is -1.52. The van der Waals surface area contributed by atoms with Crippen LogP contribution in [0.25, 0.3) is 0 Å². The van der Waals surface area contributed by atoms with Gasteiger partial charge in [-0.2, -0.15) is 0 Å². The fourth-order valence-electron chi connectivity index (χ4n) is 2.46. The predicted octanol–water partition coefficient (Wildman–Crippen LogP) is 4.07. The number of aliphatic hydroxyl groups excluding tert-OH is 1. The molecule has 0 unspecified atom stereocenters. The number of halogens is 5. The van der Waals surface area contributed by atoms with Crippen LogP contribution >= 0.6 is 11.6 Å². The van der Waals surface area contributed by atoms with Gasteiger partial charge in [-0.1, -0.05) is 11.6 Å². The first-order valence-electron chi connectivity index (χ1n) is 8.19. The fraction of sp³-hybridized carbons (Fsp3) is 0.278. The number of hydrogen-bond donors (Lipinski definition) is 3. The van der Waals surface area contributed by atoms with Crippen LogP contribution in [-0.4, -0.2) is 24.2 Å². The first-order chi connectivity index (χ1) is 13.3. The van der Waals surface area contributed by atoms with E-state index in [9.17, 15) is 27.5 Å². The molecule has 0 aliphatic heterocycles. The van der Waals surface area contributed by atoms with Gasteiger partial charge >= 0.3 is 0 Å². The summed E-state index contributed by atoms with van der Waals surface area (Å²) >= 11 is 5.61. The highest BCUT2D eigenvalue weighted by Crippen LogP contribution is 2.45. The van der Waals surface area contributed by atoms with Crippen LogP contribution < -0.4 is 10.8 Å². The number of hydroxylamine groups is 1.